The van der Waals surface area contributed by atoms with Crippen molar-refractivity contribution in [3.63, 3.8) is 0 Å². The Balaban J connectivity index is 2.86. The molecule has 0 atom stereocenters. The van der Waals surface area contributed by atoms with Crippen LogP contribution >= 0.6 is 0 Å². The Morgan fingerprint density at radius 1 is 1.73 bits per heavy atom. The van der Waals surface area contributed by atoms with Gasteiger partial charge in [-0.2, -0.15) is 0 Å². The molecular weight excluding hydrogens is 145 g/mol. The number of halogens is 1. The Bertz CT molecular complexity index is 272. The van der Waals surface area contributed by atoms with Crippen molar-refractivity contribution in [1.82, 2.24) is 4.98 Å². The van der Waals surface area contributed by atoms with Crippen LogP contribution in [0, 0.1) is 11.2 Å². The van der Waals surface area contributed by atoms with Gasteiger partial charge >= 0.3 is 0 Å². The van der Waals surface area contributed by atoms with Crippen molar-refractivity contribution in [3.8, 4) is 0 Å². The zero-order chi connectivity index (χ0) is 8.27. The van der Waals surface area contributed by atoms with Crippen LogP contribution in [0.5, 0.6) is 0 Å². The monoisotopic (exact) mass is 153 g/mol. The highest BCUT2D eigenvalue weighted by atomic mass is 19.1. The summed E-state index contributed by atoms with van der Waals surface area (Å²) < 4.78 is 12.7. The van der Waals surface area contributed by atoms with E-state index >= 15 is 0 Å². The lowest BCUT2D eigenvalue weighted by Gasteiger charge is -1.98. The smallest absolute Gasteiger partial charge is 0.145 e. The first-order valence-electron chi connectivity index (χ1n) is 3.12. The molecule has 11 heavy (non-hydrogen) atoms. The molecule has 0 saturated carbocycles. The predicted molar refractivity (Wildman–Crippen MR) is 39.8 cm³/mol. The lowest BCUT2D eigenvalue weighted by molar-refractivity contribution is 0.606. The van der Waals surface area contributed by atoms with Gasteiger partial charge < -0.3 is 5.73 Å². The molecule has 0 aromatic carbocycles. The van der Waals surface area contributed by atoms with Gasteiger partial charge in [-0.15, -0.1) is 0 Å². The molecule has 1 aromatic heterocycles. The second-order valence-corrected chi connectivity index (χ2v) is 2.13. The van der Waals surface area contributed by atoms with E-state index in [-0.39, 0.29) is 18.0 Å². The number of rotatable bonds is 2. The van der Waals surface area contributed by atoms with Gasteiger partial charge in [0, 0.05) is 12.6 Å². The highest BCUT2D eigenvalue weighted by Gasteiger charge is 2.02. The molecule has 1 aromatic rings. The van der Waals surface area contributed by atoms with E-state index in [4.69, 9.17) is 11.1 Å². The van der Waals surface area contributed by atoms with Crippen LogP contribution < -0.4 is 5.73 Å². The fourth-order valence-corrected chi connectivity index (χ4v) is 0.729. The number of aromatic nitrogens is 1. The first-order valence-corrected chi connectivity index (χ1v) is 3.12. The molecule has 3 nitrogen and oxygen atoms in total. The number of hydrogen-bond acceptors (Lipinski definition) is 2. The molecule has 0 radical (unpaired) electrons. The SMILES string of the molecule is N=C(N)Cc1ncccc1F. The minimum absolute atomic E-state index is 0.0761. The Morgan fingerprint density at radius 3 is 3.00 bits per heavy atom. The number of nitrogens with two attached hydrogens (primary N) is 1. The van der Waals surface area contributed by atoms with Gasteiger partial charge in [0.1, 0.15) is 5.82 Å². The standard InChI is InChI=1S/C7H8FN3/c8-5-2-1-3-11-6(5)4-7(9)10/h1-3H,4H2,(H3,9,10). The molecule has 0 aliphatic heterocycles. The molecule has 1 rings (SSSR count). The largest absolute Gasteiger partial charge is 0.387 e. The molecule has 58 valence electrons. The average Bonchev–Trinajstić information content (AvgIpc) is 1.93. The molecule has 0 saturated heterocycles. The Morgan fingerprint density at radius 2 is 2.45 bits per heavy atom. The van der Waals surface area contributed by atoms with Crippen LogP contribution in [0.2, 0.25) is 0 Å². The molecular formula is C7H8FN3. The van der Waals surface area contributed by atoms with E-state index < -0.39 is 5.82 Å². The van der Waals surface area contributed by atoms with Crippen molar-refractivity contribution in [1.29, 1.82) is 5.41 Å². The Labute approximate surface area is 63.6 Å². The van der Waals surface area contributed by atoms with Gasteiger partial charge in [-0.05, 0) is 12.1 Å². The van der Waals surface area contributed by atoms with Crippen molar-refractivity contribution >= 4 is 5.84 Å². The van der Waals surface area contributed by atoms with Gasteiger partial charge in [-0.25, -0.2) is 4.39 Å². The molecule has 0 unspecified atom stereocenters. The van der Waals surface area contributed by atoms with Crippen molar-refractivity contribution in [3.05, 3.63) is 29.8 Å². The second kappa shape index (κ2) is 3.09. The predicted octanol–water partition coefficient (Wildman–Crippen LogP) is 0.699. The molecule has 0 aliphatic carbocycles. The number of pyridine rings is 1. The maximum absolute atomic E-state index is 12.7. The fraction of sp³-hybridized carbons (Fsp3) is 0.143. The lowest BCUT2D eigenvalue weighted by Crippen LogP contribution is -2.14. The molecule has 0 fully saturated rings. The van der Waals surface area contributed by atoms with E-state index in [1.54, 1.807) is 0 Å². The van der Waals surface area contributed by atoms with Crippen LogP contribution in [0.15, 0.2) is 18.3 Å². The minimum atomic E-state index is -0.414. The van der Waals surface area contributed by atoms with E-state index in [0.717, 1.165) is 0 Å². The van der Waals surface area contributed by atoms with E-state index in [2.05, 4.69) is 4.98 Å². The minimum Gasteiger partial charge on any atom is -0.387 e. The van der Waals surface area contributed by atoms with E-state index in [9.17, 15) is 4.39 Å². The average molecular weight is 153 g/mol. The highest BCUT2D eigenvalue weighted by Crippen LogP contribution is 2.02. The quantitative estimate of drug-likeness (QED) is 0.485. The van der Waals surface area contributed by atoms with Gasteiger partial charge in [-0.3, -0.25) is 10.4 Å². The summed E-state index contributed by atoms with van der Waals surface area (Å²) in [5.74, 6) is -0.495. The fourth-order valence-electron chi connectivity index (χ4n) is 0.729. The van der Waals surface area contributed by atoms with Crippen LogP contribution in [0.4, 0.5) is 4.39 Å². The topological polar surface area (TPSA) is 62.8 Å². The summed E-state index contributed by atoms with van der Waals surface area (Å²) in [6.45, 7) is 0. The highest BCUT2D eigenvalue weighted by molar-refractivity contribution is 5.78. The zero-order valence-electron chi connectivity index (χ0n) is 5.84. The Kier molecular flexibility index (Phi) is 2.15. The van der Waals surface area contributed by atoms with Crippen molar-refractivity contribution < 1.29 is 4.39 Å². The third-order valence-corrected chi connectivity index (χ3v) is 1.19. The normalized spacial score (nSPS) is 9.55. The van der Waals surface area contributed by atoms with E-state index in [1.807, 2.05) is 0 Å². The molecule has 0 spiro atoms. The maximum Gasteiger partial charge on any atom is 0.145 e. The van der Waals surface area contributed by atoms with Crippen molar-refractivity contribution in [2.24, 2.45) is 5.73 Å². The summed E-state index contributed by atoms with van der Waals surface area (Å²) >= 11 is 0. The Hall–Kier alpha value is -1.45. The molecule has 0 bridgehead atoms. The molecule has 1 heterocycles. The first kappa shape index (κ1) is 7.65. The van der Waals surface area contributed by atoms with Crippen LogP contribution in [-0.2, 0) is 6.42 Å². The molecule has 3 N–H and O–H groups in total. The molecule has 0 amide bonds. The number of amidine groups is 1. The van der Waals surface area contributed by atoms with Gasteiger partial charge in [0.2, 0.25) is 0 Å². The van der Waals surface area contributed by atoms with Crippen molar-refractivity contribution in [2.45, 2.75) is 6.42 Å². The summed E-state index contributed by atoms with van der Waals surface area (Å²) in [4.78, 5) is 3.72. The third-order valence-electron chi connectivity index (χ3n) is 1.19. The maximum atomic E-state index is 12.7. The summed E-state index contributed by atoms with van der Waals surface area (Å²) in [6, 6.07) is 2.80. The third kappa shape index (κ3) is 2.00. The summed E-state index contributed by atoms with van der Waals surface area (Å²) in [6.07, 6.45) is 1.55. The molecule has 0 aliphatic rings. The number of nitrogens with zero attached hydrogens (tertiary/aromatic N) is 1. The lowest BCUT2D eigenvalue weighted by atomic mass is 10.2. The van der Waals surface area contributed by atoms with Gasteiger partial charge in [0.25, 0.3) is 0 Å². The summed E-state index contributed by atoms with van der Waals surface area (Å²) in [5.41, 5.74) is 5.29. The summed E-state index contributed by atoms with van der Waals surface area (Å²) in [7, 11) is 0. The van der Waals surface area contributed by atoms with Gasteiger partial charge in [0.15, 0.2) is 0 Å². The second-order valence-electron chi connectivity index (χ2n) is 2.13. The van der Waals surface area contributed by atoms with Gasteiger partial charge in [0.05, 0.1) is 11.5 Å². The zero-order valence-corrected chi connectivity index (χ0v) is 5.84. The van der Waals surface area contributed by atoms with Gasteiger partial charge in [-0.1, -0.05) is 0 Å². The van der Waals surface area contributed by atoms with Crippen LogP contribution in [0.3, 0.4) is 0 Å². The van der Waals surface area contributed by atoms with Crippen LogP contribution in [0.25, 0.3) is 0 Å². The molecule has 4 heteroatoms. The van der Waals surface area contributed by atoms with Crippen molar-refractivity contribution in [2.75, 3.05) is 0 Å². The van der Waals surface area contributed by atoms with E-state index in [1.165, 1.54) is 18.3 Å². The number of nitrogens with one attached hydrogen (secondary N) is 1. The number of hydrogen-bond donors (Lipinski definition) is 2. The summed E-state index contributed by atoms with van der Waals surface area (Å²) in [5, 5.41) is 6.90. The van der Waals surface area contributed by atoms with Crippen LogP contribution in [0.1, 0.15) is 5.69 Å². The van der Waals surface area contributed by atoms with Crippen LogP contribution in [-0.4, -0.2) is 10.8 Å². The first-order chi connectivity index (χ1) is 5.20. The van der Waals surface area contributed by atoms with E-state index in [0.29, 0.717) is 0 Å².